The van der Waals surface area contributed by atoms with Gasteiger partial charge in [-0.25, -0.2) is 14.2 Å². The highest BCUT2D eigenvalue weighted by Crippen LogP contribution is 2.45. The molecule has 0 bridgehead atoms. The molecule has 1 atom stereocenters. The van der Waals surface area contributed by atoms with Crippen LogP contribution in [0.3, 0.4) is 0 Å². The van der Waals surface area contributed by atoms with E-state index in [0.717, 1.165) is 22.0 Å². The van der Waals surface area contributed by atoms with Gasteiger partial charge in [0.1, 0.15) is 5.82 Å². The number of carbonyl (C=O) groups excluding carboxylic acids is 2. The molecule has 1 saturated heterocycles. The van der Waals surface area contributed by atoms with Crippen LogP contribution < -0.4 is 4.90 Å². The molecule has 2 aromatic carbocycles. The zero-order valence-corrected chi connectivity index (χ0v) is 23.5. The number of amides is 1. The average Bonchev–Trinajstić information content (AvgIpc) is 3.29. The molecule has 1 fully saturated rings. The van der Waals surface area contributed by atoms with Crippen molar-refractivity contribution in [1.29, 1.82) is 0 Å². The third kappa shape index (κ3) is 5.59. The molecule has 5 rings (SSSR count). The van der Waals surface area contributed by atoms with Crippen LogP contribution in [0.5, 0.6) is 0 Å². The normalized spacial score (nSPS) is 19.2. The van der Waals surface area contributed by atoms with E-state index in [1.165, 1.54) is 17.8 Å². The Labute approximate surface area is 233 Å². The van der Waals surface area contributed by atoms with Gasteiger partial charge in [0.2, 0.25) is 5.91 Å². The second-order valence-electron chi connectivity index (χ2n) is 10.3. The highest BCUT2D eigenvalue weighted by Gasteiger charge is 2.41. The van der Waals surface area contributed by atoms with Crippen molar-refractivity contribution in [2.24, 2.45) is 4.99 Å². The molecule has 2 aromatic rings. The molecule has 0 unspecified atom stereocenters. The van der Waals surface area contributed by atoms with Crippen molar-refractivity contribution in [2.75, 3.05) is 31.1 Å². The van der Waals surface area contributed by atoms with Crippen LogP contribution in [0.1, 0.15) is 44.4 Å². The largest absolute Gasteiger partial charge is 0.459 e. The van der Waals surface area contributed by atoms with Crippen molar-refractivity contribution in [1.82, 2.24) is 9.80 Å². The Morgan fingerprint density at radius 1 is 1.08 bits per heavy atom. The number of benzene rings is 2. The zero-order chi connectivity index (χ0) is 27.7. The molecule has 7 nitrogen and oxygen atoms in total. The van der Waals surface area contributed by atoms with Gasteiger partial charge in [0, 0.05) is 31.9 Å². The maximum absolute atomic E-state index is 14.3. The minimum atomic E-state index is -0.449. The van der Waals surface area contributed by atoms with Crippen molar-refractivity contribution in [2.45, 2.75) is 46.3 Å². The summed E-state index contributed by atoms with van der Waals surface area (Å²) < 4.78 is 19.9. The fraction of sp³-hybridized carbons (Fsp3) is 0.367. The first-order valence-electron chi connectivity index (χ1n) is 13.2. The molecule has 9 heteroatoms. The Balaban J connectivity index is 1.36. The lowest BCUT2D eigenvalue weighted by molar-refractivity contribution is -0.143. The van der Waals surface area contributed by atoms with E-state index in [0.29, 0.717) is 43.1 Å². The number of thioether (sulfide) groups is 1. The van der Waals surface area contributed by atoms with Crippen LogP contribution in [-0.2, 0) is 14.3 Å². The maximum Gasteiger partial charge on any atom is 0.338 e. The number of hydrogen-bond acceptors (Lipinski definition) is 7. The van der Waals surface area contributed by atoms with Crippen molar-refractivity contribution < 1.29 is 18.7 Å². The monoisotopic (exact) mass is 548 g/mol. The molecular weight excluding hydrogens is 515 g/mol. The van der Waals surface area contributed by atoms with Crippen LogP contribution in [0.2, 0.25) is 0 Å². The van der Waals surface area contributed by atoms with Gasteiger partial charge in [-0.15, -0.1) is 0 Å². The Morgan fingerprint density at radius 3 is 2.51 bits per heavy atom. The van der Waals surface area contributed by atoms with Gasteiger partial charge in [-0.3, -0.25) is 4.79 Å². The van der Waals surface area contributed by atoms with E-state index in [2.05, 4.69) is 6.07 Å². The van der Waals surface area contributed by atoms with E-state index in [1.54, 1.807) is 12.1 Å². The summed E-state index contributed by atoms with van der Waals surface area (Å²) in [5.74, 6) is -0.653. The molecule has 3 aliphatic rings. The molecule has 1 amide bonds. The van der Waals surface area contributed by atoms with Gasteiger partial charge < -0.3 is 19.4 Å². The number of anilines is 1. The lowest BCUT2D eigenvalue weighted by Gasteiger charge is -2.38. The summed E-state index contributed by atoms with van der Waals surface area (Å²) >= 11 is 1.46. The third-order valence-corrected chi connectivity index (χ3v) is 7.97. The summed E-state index contributed by atoms with van der Waals surface area (Å²) in [6.07, 6.45) is -0.0894. The van der Waals surface area contributed by atoms with Crippen molar-refractivity contribution >= 4 is 34.5 Å². The molecule has 0 aliphatic carbocycles. The lowest BCUT2D eigenvalue weighted by Crippen LogP contribution is -2.49. The van der Waals surface area contributed by atoms with E-state index in [1.807, 2.05) is 72.1 Å². The molecule has 3 heterocycles. The van der Waals surface area contributed by atoms with Crippen LogP contribution in [0.15, 0.2) is 75.9 Å². The first kappa shape index (κ1) is 27.0. The molecule has 0 saturated carbocycles. The Bertz CT molecular complexity index is 1380. The van der Waals surface area contributed by atoms with Crippen molar-refractivity contribution in [3.63, 3.8) is 0 Å². The van der Waals surface area contributed by atoms with Gasteiger partial charge in [-0.2, -0.15) is 0 Å². The molecule has 3 aliphatic heterocycles. The van der Waals surface area contributed by atoms with Gasteiger partial charge in [-0.1, -0.05) is 53.7 Å². The first-order chi connectivity index (χ1) is 18.7. The predicted octanol–water partition coefficient (Wildman–Crippen LogP) is 5.40. The molecule has 0 radical (unpaired) electrons. The molecular formula is C30H33FN4O3S. The van der Waals surface area contributed by atoms with Crippen molar-refractivity contribution in [3.8, 4) is 0 Å². The quantitative estimate of drug-likeness (QED) is 0.451. The SMILES string of the molecule is CC1=C(C(=O)OC(C)C)[C@@H](c2cccc(C)c2)N2C(CC(=O)N3CCN(c4ccccc4F)CC3)=CSC2=N1. The number of para-hydroxylation sites is 1. The van der Waals surface area contributed by atoms with E-state index in [-0.39, 0.29) is 24.2 Å². The summed E-state index contributed by atoms with van der Waals surface area (Å²) in [7, 11) is 0. The summed E-state index contributed by atoms with van der Waals surface area (Å²) in [5.41, 5.74) is 4.49. The number of aliphatic imine (C=N–C) groups is 1. The van der Waals surface area contributed by atoms with Gasteiger partial charge >= 0.3 is 5.97 Å². The number of hydrogen-bond donors (Lipinski definition) is 0. The number of rotatable bonds is 6. The Hall–Kier alpha value is -3.59. The molecule has 0 N–H and O–H groups in total. The van der Waals surface area contributed by atoms with E-state index in [4.69, 9.17) is 9.73 Å². The average molecular weight is 549 g/mol. The number of ether oxygens (including phenoxy) is 1. The topological polar surface area (TPSA) is 65.5 Å². The first-order valence-corrected chi connectivity index (χ1v) is 14.1. The number of nitrogens with zero attached hydrogens (tertiary/aromatic N) is 4. The molecule has 0 spiro atoms. The predicted molar refractivity (Wildman–Crippen MR) is 153 cm³/mol. The van der Waals surface area contributed by atoms with Crippen LogP contribution >= 0.6 is 11.8 Å². The Morgan fingerprint density at radius 2 is 1.82 bits per heavy atom. The second-order valence-corrected chi connectivity index (χ2v) is 11.1. The highest BCUT2D eigenvalue weighted by atomic mass is 32.2. The smallest absolute Gasteiger partial charge is 0.338 e. The number of amidine groups is 1. The second kappa shape index (κ2) is 11.3. The number of piperazine rings is 1. The van der Waals surface area contributed by atoms with Crippen LogP contribution in [0.4, 0.5) is 10.1 Å². The minimum Gasteiger partial charge on any atom is -0.459 e. The maximum atomic E-state index is 14.3. The summed E-state index contributed by atoms with van der Waals surface area (Å²) in [5, 5.41) is 2.70. The summed E-state index contributed by atoms with van der Waals surface area (Å²) in [6.45, 7) is 9.67. The standard InChI is InChI=1S/C30H33FN4O3S/c1-19(2)38-29(37)27-21(4)32-30-35(28(27)22-9-7-8-20(3)16-22)23(18-39-30)17-26(36)34-14-12-33(13-15-34)25-11-6-5-10-24(25)31/h5-11,16,18-19,28H,12-15,17H2,1-4H3/t28-/m1/s1. The number of halogens is 1. The van der Waals surface area contributed by atoms with Gasteiger partial charge in [-0.05, 0) is 50.8 Å². The van der Waals surface area contributed by atoms with E-state index in [9.17, 15) is 14.0 Å². The fourth-order valence-corrected chi connectivity index (χ4v) is 6.20. The zero-order valence-electron chi connectivity index (χ0n) is 22.7. The van der Waals surface area contributed by atoms with Crippen molar-refractivity contribution in [3.05, 3.63) is 87.9 Å². The number of allylic oxidation sites excluding steroid dienone is 1. The number of aryl methyl sites for hydroxylation is 1. The highest BCUT2D eigenvalue weighted by molar-refractivity contribution is 8.16. The number of fused-ring (bicyclic) bond motifs is 1. The van der Waals surface area contributed by atoms with E-state index < -0.39 is 12.0 Å². The van der Waals surface area contributed by atoms with Gasteiger partial charge in [0.05, 0.1) is 35.5 Å². The third-order valence-electron chi connectivity index (χ3n) is 7.08. The molecule has 204 valence electrons. The fourth-order valence-electron chi connectivity index (χ4n) is 5.24. The Kier molecular flexibility index (Phi) is 7.79. The van der Waals surface area contributed by atoms with Gasteiger partial charge in [0.25, 0.3) is 0 Å². The van der Waals surface area contributed by atoms with Gasteiger partial charge in [0.15, 0.2) is 5.17 Å². The minimum absolute atomic E-state index is 0.00291. The van der Waals surface area contributed by atoms with Crippen LogP contribution in [0, 0.1) is 12.7 Å². The lowest BCUT2D eigenvalue weighted by atomic mass is 9.93. The molecule has 39 heavy (non-hydrogen) atoms. The van der Waals surface area contributed by atoms with E-state index >= 15 is 0 Å². The van der Waals surface area contributed by atoms with Crippen LogP contribution in [-0.4, -0.2) is 59.1 Å². The summed E-state index contributed by atoms with van der Waals surface area (Å²) in [4.78, 5) is 37.4. The molecule has 0 aromatic heterocycles. The number of carbonyl (C=O) groups is 2. The number of esters is 1. The van der Waals surface area contributed by atoms with Crippen LogP contribution in [0.25, 0.3) is 0 Å². The summed E-state index contributed by atoms with van der Waals surface area (Å²) in [6, 6.07) is 14.3.